The van der Waals surface area contributed by atoms with E-state index in [1.807, 2.05) is 20.8 Å². The number of aromatic nitrogens is 2. The molecule has 0 aliphatic carbocycles. The Hall–Kier alpha value is -1.89. The lowest BCUT2D eigenvalue weighted by Gasteiger charge is -2.34. The summed E-state index contributed by atoms with van der Waals surface area (Å²) >= 11 is 0. The molecule has 122 valence electrons. The van der Waals surface area contributed by atoms with Gasteiger partial charge in [-0.3, -0.25) is 14.3 Å². The monoisotopic (exact) mass is 308 g/mol. The van der Waals surface area contributed by atoms with Crippen LogP contribution in [0.25, 0.3) is 0 Å². The number of nitrogens with one attached hydrogen (secondary N) is 1. The number of amides is 2. The first-order valence-electron chi connectivity index (χ1n) is 7.46. The molecule has 2 heterocycles. The van der Waals surface area contributed by atoms with E-state index in [0.29, 0.717) is 31.6 Å². The van der Waals surface area contributed by atoms with Crippen LogP contribution in [0.1, 0.15) is 44.0 Å². The Morgan fingerprint density at radius 2 is 2.05 bits per heavy atom. The maximum atomic E-state index is 12.2. The van der Waals surface area contributed by atoms with E-state index in [-0.39, 0.29) is 23.9 Å². The summed E-state index contributed by atoms with van der Waals surface area (Å²) in [4.78, 5) is 24.0. The van der Waals surface area contributed by atoms with E-state index in [9.17, 15) is 9.59 Å². The Labute approximate surface area is 130 Å². The van der Waals surface area contributed by atoms with Gasteiger partial charge in [0.25, 0.3) is 5.91 Å². The molecule has 0 bridgehead atoms. The van der Waals surface area contributed by atoms with Gasteiger partial charge in [0.2, 0.25) is 5.91 Å². The predicted molar refractivity (Wildman–Crippen MR) is 81.2 cm³/mol. The lowest BCUT2D eigenvalue weighted by Crippen LogP contribution is -2.49. The number of primary amides is 1. The Kier molecular flexibility index (Phi) is 4.55. The Morgan fingerprint density at radius 1 is 1.41 bits per heavy atom. The second-order valence-corrected chi connectivity index (χ2v) is 6.78. The van der Waals surface area contributed by atoms with Crippen LogP contribution in [0.5, 0.6) is 0 Å². The number of nitrogens with two attached hydrogens (primary N) is 1. The molecule has 1 aliphatic heterocycles. The standard InChI is InChI=1S/C15H24N4O3/c1-14(2,3)19-9-11(8-18-19)12(20)17-10-15(13(16)21)4-6-22-7-5-15/h8-9H,4-7,10H2,1-3H3,(H2,16,21)(H,17,20). The highest BCUT2D eigenvalue weighted by Gasteiger charge is 2.38. The lowest BCUT2D eigenvalue weighted by atomic mass is 9.79. The fourth-order valence-corrected chi connectivity index (χ4v) is 2.43. The zero-order valence-corrected chi connectivity index (χ0v) is 13.4. The van der Waals surface area contributed by atoms with E-state index in [1.165, 1.54) is 6.20 Å². The maximum Gasteiger partial charge on any atom is 0.254 e. The average molecular weight is 308 g/mol. The summed E-state index contributed by atoms with van der Waals surface area (Å²) in [5, 5.41) is 7.01. The molecule has 1 fully saturated rings. The summed E-state index contributed by atoms with van der Waals surface area (Å²) < 4.78 is 7.01. The smallest absolute Gasteiger partial charge is 0.254 e. The van der Waals surface area contributed by atoms with Crippen LogP contribution < -0.4 is 11.1 Å². The molecular formula is C15H24N4O3. The quantitative estimate of drug-likeness (QED) is 0.853. The normalized spacial score (nSPS) is 18.0. The van der Waals surface area contributed by atoms with Crippen molar-refractivity contribution in [1.29, 1.82) is 0 Å². The molecule has 7 nitrogen and oxygen atoms in total. The van der Waals surface area contributed by atoms with E-state index in [1.54, 1.807) is 10.9 Å². The van der Waals surface area contributed by atoms with E-state index in [2.05, 4.69) is 10.4 Å². The first-order chi connectivity index (χ1) is 10.2. The van der Waals surface area contributed by atoms with Gasteiger partial charge in [-0.15, -0.1) is 0 Å². The molecule has 0 unspecified atom stereocenters. The molecule has 2 amide bonds. The second kappa shape index (κ2) is 6.08. The summed E-state index contributed by atoms with van der Waals surface area (Å²) in [6, 6.07) is 0. The van der Waals surface area contributed by atoms with Gasteiger partial charge in [0, 0.05) is 26.0 Å². The van der Waals surface area contributed by atoms with E-state index in [0.717, 1.165) is 0 Å². The molecule has 0 spiro atoms. The lowest BCUT2D eigenvalue weighted by molar-refractivity contribution is -0.132. The molecule has 7 heteroatoms. The van der Waals surface area contributed by atoms with E-state index < -0.39 is 5.41 Å². The third-order valence-electron chi connectivity index (χ3n) is 4.09. The molecule has 2 rings (SSSR count). The molecule has 0 saturated carbocycles. The van der Waals surface area contributed by atoms with Gasteiger partial charge in [0.05, 0.1) is 22.7 Å². The first-order valence-corrected chi connectivity index (χ1v) is 7.46. The number of ether oxygens (including phenoxy) is 1. The fourth-order valence-electron chi connectivity index (χ4n) is 2.43. The summed E-state index contributed by atoms with van der Waals surface area (Å²) in [5.41, 5.74) is 5.10. The minimum atomic E-state index is -0.714. The number of carbonyl (C=O) groups excluding carboxylic acids is 2. The van der Waals surface area contributed by atoms with Crippen LogP contribution in [0.2, 0.25) is 0 Å². The van der Waals surface area contributed by atoms with Crippen molar-refractivity contribution in [2.45, 2.75) is 39.2 Å². The molecule has 0 radical (unpaired) electrons. The van der Waals surface area contributed by atoms with Crippen molar-refractivity contribution >= 4 is 11.8 Å². The molecule has 1 aliphatic rings. The molecule has 3 N–H and O–H groups in total. The van der Waals surface area contributed by atoms with Crippen molar-refractivity contribution in [1.82, 2.24) is 15.1 Å². The molecule has 0 atom stereocenters. The highest BCUT2D eigenvalue weighted by atomic mass is 16.5. The van der Waals surface area contributed by atoms with Crippen molar-refractivity contribution < 1.29 is 14.3 Å². The molecule has 1 aromatic heterocycles. The highest BCUT2D eigenvalue weighted by molar-refractivity contribution is 5.94. The minimum Gasteiger partial charge on any atom is -0.381 e. The van der Waals surface area contributed by atoms with Gasteiger partial charge in [-0.1, -0.05) is 0 Å². The third kappa shape index (κ3) is 3.47. The average Bonchev–Trinajstić information content (AvgIpc) is 2.95. The van der Waals surface area contributed by atoms with Crippen LogP contribution in [0.15, 0.2) is 12.4 Å². The summed E-state index contributed by atoms with van der Waals surface area (Å²) in [6.45, 7) is 7.22. The van der Waals surface area contributed by atoms with Gasteiger partial charge in [0.15, 0.2) is 0 Å². The largest absolute Gasteiger partial charge is 0.381 e. The number of carbonyl (C=O) groups is 2. The van der Waals surface area contributed by atoms with Crippen molar-refractivity contribution in [2.75, 3.05) is 19.8 Å². The summed E-state index contributed by atoms with van der Waals surface area (Å²) in [5.74, 6) is -0.635. The van der Waals surface area contributed by atoms with E-state index in [4.69, 9.17) is 10.5 Å². The summed E-state index contributed by atoms with van der Waals surface area (Å²) in [6.07, 6.45) is 4.30. The van der Waals surface area contributed by atoms with Gasteiger partial charge in [-0.25, -0.2) is 0 Å². The van der Waals surface area contributed by atoms with E-state index >= 15 is 0 Å². The van der Waals surface area contributed by atoms with Crippen molar-refractivity contribution in [3.63, 3.8) is 0 Å². The van der Waals surface area contributed by atoms with Gasteiger partial charge < -0.3 is 15.8 Å². The molecule has 1 aromatic rings. The van der Waals surface area contributed by atoms with Crippen LogP contribution in [-0.4, -0.2) is 41.4 Å². The zero-order chi connectivity index (χ0) is 16.4. The van der Waals surface area contributed by atoms with Gasteiger partial charge in [-0.2, -0.15) is 5.10 Å². The molecule has 0 aromatic carbocycles. The Balaban J connectivity index is 2.02. The van der Waals surface area contributed by atoms with Gasteiger partial charge >= 0.3 is 0 Å². The first kappa shape index (κ1) is 16.5. The molecule has 1 saturated heterocycles. The number of nitrogens with zero attached hydrogens (tertiary/aromatic N) is 2. The topological polar surface area (TPSA) is 99.2 Å². The van der Waals surface area contributed by atoms with Crippen molar-refractivity contribution in [3.05, 3.63) is 18.0 Å². The highest BCUT2D eigenvalue weighted by Crippen LogP contribution is 2.29. The summed E-state index contributed by atoms with van der Waals surface area (Å²) in [7, 11) is 0. The van der Waals surface area contributed by atoms with Gasteiger partial charge in [-0.05, 0) is 33.6 Å². The Bertz CT molecular complexity index is 553. The van der Waals surface area contributed by atoms with Crippen LogP contribution in [0.3, 0.4) is 0 Å². The van der Waals surface area contributed by atoms with Crippen molar-refractivity contribution in [3.8, 4) is 0 Å². The fraction of sp³-hybridized carbons (Fsp3) is 0.667. The molecule has 22 heavy (non-hydrogen) atoms. The third-order valence-corrected chi connectivity index (χ3v) is 4.09. The van der Waals surface area contributed by atoms with Crippen LogP contribution in [0.4, 0.5) is 0 Å². The van der Waals surface area contributed by atoms with Crippen LogP contribution >= 0.6 is 0 Å². The second-order valence-electron chi connectivity index (χ2n) is 6.78. The van der Waals surface area contributed by atoms with Crippen molar-refractivity contribution in [2.24, 2.45) is 11.1 Å². The zero-order valence-electron chi connectivity index (χ0n) is 13.4. The number of hydrogen-bond donors (Lipinski definition) is 2. The van der Waals surface area contributed by atoms with Crippen LogP contribution in [-0.2, 0) is 15.1 Å². The minimum absolute atomic E-state index is 0.187. The predicted octanol–water partition coefficient (Wildman–Crippen LogP) is 0.650. The SMILES string of the molecule is CC(C)(C)n1cc(C(=O)NCC2(C(N)=O)CCOCC2)cn1. The molecular weight excluding hydrogens is 284 g/mol. The van der Waals surface area contributed by atoms with Gasteiger partial charge in [0.1, 0.15) is 0 Å². The number of hydrogen-bond acceptors (Lipinski definition) is 4. The Morgan fingerprint density at radius 3 is 2.55 bits per heavy atom. The maximum absolute atomic E-state index is 12.2. The number of rotatable bonds is 4. The van der Waals surface area contributed by atoms with Crippen LogP contribution in [0, 0.1) is 5.41 Å².